The molecule has 0 atom stereocenters. The summed E-state index contributed by atoms with van der Waals surface area (Å²) in [5.41, 5.74) is 0.472. The molecule has 3 heteroatoms. The van der Waals surface area contributed by atoms with Gasteiger partial charge in [-0.3, -0.25) is 0 Å². The second-order valence-corrected chi connectivity index (χ2v) is 4.43. The fourth-order valence-electron chi connectivity index (χ4n) is 1.51. The van der Waals surface area contributed by atoms with E-state index in [0.717, 1.165) is 12.8 Å². The molecule has 0 aliphatic rings. The molecule has 0 fully saturated rings. The van der Waals surface area contributed by atoms with E-state index in [-0.39, 0.29) is 5.97 Å². The van der Waals surface area contributed by atoms with E-state index in [1.54, 1.807) is 6.92 Å². The van der Waals surface area contributed by atoms with Gasteiger partial charge in [0.25, 0.3) is 0 Å². The molecule has 0 bridgehead atoms. The summed E-state index contributed by atoms with van der Waals surface area (Å²) < 4.78 is 10.5. The van der Waals surface area contributed by atoms with Gasteiger partial charge in [0.05, 0.1) is 12.2 Å². The normalized spacial score (nSPS) is 11.2. The molecule has 1 aromatic carbocycles. The van der Waals surface area contributed by atoms with Gasteiger partial charge in [-0.05, 0) is 25.5 Å². The smallest absolute Gasteiger partial charge is 0.336 e. The Kier molecular flexibility index (Phi) is 7.40. The Bertz CT molecular complexity index is 396. The lowest BCUT2D eigenvalue weighted by atomic mass is 10.2. The maximum absolute atomic E-state index is 11.6. The molecule has 0 aliphatic heterocycles. The van der Waals surface area contributed by atoms with E-state index >= 15 is 0 Å². The summed E-state index contributed by atoms with van der Waals surface area (Å²) >= 11 is 0. The van der Waals surface area contributed by atoms with Crippen LogP contribution in [0.25, 0.3) is 0 Å². The first-order valence-corrected chi connectivity index (χ1v) is 6.79. The number of hydrogen-bond acceptors (Lipinski definition) is 3. The first kappa shape index (κ1) is 15.3. The van der Waals surface area contributed by atoms with Crippen LogP contribution in [0.1, 0.15) is 39.5 Å². The van der Waals surface area contributed by atoms with Gasteiger partial charge in [0, 0.05) is 0 Å². The molecule has 0 spiro atoms. The SMILES string of the molecule is CCCCCCOC(=O)C(C)=COc1ccccc1. The highest BCUT2D eigenvalue weighted by atomic mass is 16.5. The number of carbonyl (C=O) groups is 1. The summed E-state index contributed by atoms with van der Waals surface area (Å²) in [6.45, 7) is 4.33. The number of ether oxygens (including phenoxy) is 2. The molecule has 0 aromatic heterocycles. The van der Waals surface area contributed by atoms with Crippen molar-refractivity contribution in [1.82, 2.24) is 0 Å². The van der Waals surface area contributed by atoms with Gasteiger partial charge < -0.3 is 9.47 Å². The van der Waals surface area contributed by atoms with Crippen LogP contribution in [0.15, 0.2) is 42.2 Å². The third-order valence-corrected chi connectivity index (χ3v) is 2.67. The molecule has 0 saturated carbocycles. The molecular formula is C16H22O3. The van der Waals surface area contributed by atoms with Crippen molar-refractivity contribution < 1.29 is 14.3 Å². The molecule has 1 rings (SSSR count). The van der Waals surface area contributed by atoms with E-state index in [4.69, 9.17) is 9.47 Å². The van der Waals surface area contributed by atoms with Crippen molar-refractivity contribution in [3.63, 3.8) is 0 Å². The van der Waals surface area contributed by atoms with Gasteiger partial charge in [-0.1, -0.05) is 44.4 Å². The van der Waals surface area contributed by atoms with E-state index in [1.807, 2.05) is 30.3 Å². The summed E-state index contributed by atoms with van der Waals surface area (Å²) in [5.74, 6) is 0.394. The largest absolute Gasteiger partial charge is 0.464 e. The Hall–Kier alpha value is -1.77. The van der Waals surface area contributed by atoms with Crippen LogP contribution in [0.3, 0.4) is 0 Å². The number of carbonyl (C=O) groups excluding carboxylic acids is 1. The van der Waals surface area contributed by atoms with E-state index in [1.165, 1.54) is 19.1 Å². The average Bonchev–Trinajstić information content (AvgIpc) is 2.45. The van der Waals surface area contributed by atoms with Gasteiger partial charge in [0.2, 0.25) is 0 Å². The molecule has 104 valence electrons. The molecule has 19 heavy (non-hydrogen) atoms. The van der Waals surface area contributed by atoms with Gasteiger partial charge >= 0.3 is 5.97 Å². The van der Waals surface area contributed by atoms with Gasteiger partial charge in [-0.25, -0.2) is 4.79 Å². The number of benzene rings is 1. The highest BCUT2D eigenvalue weighted by Crippen LogP contribution is 2.10. The Labute approximate surface area is 115 Å². The molecule has 0 N–H and O–H groups in total. The van der Waals surface area contributed by atoms with Crippen molar-refractivity contribution in [2.45, 2.75) is 39.5 Å². The van der Waals surface area contributed by atoms with Crippen molar-refractivity contribution >= 4 is 5.97 Å². The summed E-state index contributed by atoms with van der Waals surface area (Å²) in [6, 6.07) is 9.34. The molecule has 0 aliphatic carbocycles. The van der Waals surface area contributed by atoms with Crippen molar-refractivity contribution in [3.8, 4) is 5.75 Å². The number of rotatable bonds is 8. The Balaban J connectivity index is 2.27. The second-order valence-electron chi connectivity index (χ2n) is 4.43. The summed E-state index contributed by atoms with van der Waals surface area (Å²) in [5, 5.41) is 0. The first-order chi connectivity index (χ1) is 9.24. The van der Waals surface area contributed by atoms with Crippen LogP contribution in [0.5, 0.6) is 5.75 Å². The van der Waals surface area contributed by atoms with E-state index in [2.05, 4.69) is 6.92 Å². The molecule has 0 unspecified atom stereocenters. The molecule has 1 aromatic rings. The fourth-order valence-corrected chi connectivity index (χ4v) is 1.51. The lowest BCUT2D eigenvalue weighted by Gasteiger charge is -2.05. The third kappa shape index (κ3) is 6.65. The summed E-state index contributed by atoms with van der Waals surface area (Å²) in [7, 11) is 0. The van der Waals surface area contributed by atoms with Crippen LogP contribution >= 0.6 is 0 Å². The quantitative estimate of drug-likeness (QED) is 0.306. The lowest BCUT2D eigenvalue weighted by molar-refractivity contribution is -0.139. The minimum atomic E-state index is -0.313. The minimum Gasteiger partial charge on any atom is -0.464 e. The van der Waals surface area contributed by atoms with Crippen molar-refractivity contribution in [1.29, 1.82) is 0 Å². The van der Waals surface area contributed by atoms with Crippen molar-refractivity contribution in [2.24, 2.45) is 0 Å². The zero-order valence-electron chi connectivity index (χ0n) is 11.7. The van der Waals surface area contributed by atoms with Crippen LogP contribution in [0.2, 0.25) is 0 Å². The number of esters is 1. The second kappa shape index (κ2) is 9.20. The van der Waals surface area contributed by atoms with Crippen molar-refractivity contribution in [2.75, 3.05) is 6.61 Å². The molecular weight excluding hydrogens is 240 g/mol. The predicted octanol–water partition coefficient (Wildman–Crippen LogP) is 4.09. The topological polar surface area (TPSA) is 35.5 Å². The van der Waals surface area contributed by atoms with E-state index in [9.17, 15) is 4.79 Å². The number of para-hydroxylation sites is 1. The standard InChI is InChI=1S/C16H22O3/c1-3-4-5-9-12-18-16(17)14(2)13-19-15-10-7-6-8-11-15/h6-8,10-11,13H,3-5,9,12H2,1-2H3. The Morgan fingerprint density at radius 3 is 2.58 bits per heavy atom. The Morgan fingerprint density at radius 1 is 1.16 bits per heavy atom. The zero-order valence-corrected chi connectivity index (χ0v) is 11.7. The number of unbranched alkanes of at least 4 members (excludes halogenated alkanes) is 3. The summed E-state index contributed by atoms with van der Waals surface area (Å²) in [4.78, 5) is 11.6. The Morgan fingerprint density at radius 2 is 1.89 bits per heavy atom. The number of hydrogen-bond donors (Lipinski definition) is 0. The van der Waals surface area contributed by atoms with Crippen molar-refractivity contribution in [3.05, 3.63) is 42.2 Å². The first-order valence-electron chi connectivity index (χ1n) is 6.79. The highest BCUT2D eigenvalue weighted by molar-refractivity contribution is 5.87. The monoisotopic (exact) mass is 262 g/mol. The minimum absolute atomic E-state index is 0.313. The fraction of sp³-hybridized carbons (Fsp3) is 0.438. The molecule has 0 radical (unpaired) electrons. The molecule has 0 amide bonds. The van der Waals surface area contributed by atoms with Gasteiger partial charge in [0.1, 0.15) is 12.0 Å². The van der Waals surface area contributed by atoms with Gasteiger partial charge in [-0.15, -0.1) is 0 Å². The predicted molar refractivity (Wildman–Crippen MR) is 75.9 cm³/mol. The van der Waals surface area contributed by atoms with Gasteiger partial charge in [0.15, 0.2) is 0 Å². The van der Waals surface area contributed by atoms with E-state index in [0.29, 0.717) is 17.9 Å². The molecule has 0 heterocycles. The van der Waals surface area contributed by atoms with Gasteiger partial charge in [-0.2, -0.15) is 0 Å². The van der Waals surface area contributed by atoms with E-state index < -0.39 is 0 Å². The van der Waals surface area contributed by atoms with Crippen LogP contribution in [-0.2, 0) is 9.53 Å². The maximum Gasteiger partial charge on any atom is 0.336 e. The van der Waals surface area contributed by atoms with Crippen LogP contribution in [0.4, 0.5) is 0 Å². The lowest BCUT2D eigenvalue weighted by Crippen LogP contribution is -2.08. The maximum atomic E-state index is 11.6. The van der Waals surface area contributed by atoms with Crippen LogP contribution < -0.4 is 4.74 Å². The summed E-state index contributed by atoms with van der Waals surface area (Å²) in [6.07, 6.45) is 5.82. The zero-order chi connectivity index (χ0) is 13.9. The van der Waals surface area contributed by atoms with Crippen LogP contribution in [-0.4, -0.2) is 12.6 Å². The molecule has 3 nitrogen and oxygen atoms in total. The highest BCUT2D eigenvalue weighted by Gasteiger charge is 2.05. The average molecular weight is 262 g/mol. The molecule has 0 saturated heterocycles. The third-order valence-electron chi connectivity index (χ3n) is 2.67. The van der Waals surface area contributed by atoms with Crippen LogP contribution in [0, 0.1) is 0 Å².